The number of hydrogen-bond donors (Lipinski definition) is 1. The number of ether oxygens (including phenoxy) is 1. The third-order valence-electron chi connectivity index (χ3n) is 5.45. The lowest BCUT2D eigenvalue weighted by Crippen LogP contribution is -2.38. The van der Waals surface area contributed by atoms with Crippen LogP contribution in [0.1, 0.15) is 36.9 Å². The molecule has 1 N–H and O–H groups in total. The molecule has 1 saturated carbocycles. The van der Waals surface area contributed by atoms with Crippen molar-refractivity contribution in [2.45, 2.75) is 36.6 Å². The van der Waals surface area contributed by atoms with Gasteiger partial charge >= 0.3 is 0 Å². The summed E-state index contributed by atoms with van der Waals surface area (Å²) in [6, 6.07) is 13.0. The normalized spacial score (nSPS) is 16.4. The van der Waals surface area contributed by atoms with Gasteiger partial charge in [-0.3, -0.25) is 14.4 Å². The van der Waals surface area contributed by atoms with E-state index >= 15 is 0 Å². The average molecular weight is 440 g/mol. The molecule has 31 heavy (non-hydrogen) atoms. The number of para-hydroxylation sites is 1. The van der Waals surface area contributed by atoms with Crippen LogP contribution in [0.3, 0.4) is 0 Å². The summed E-state index contributed by atoms with van der Waals surface area (Å²) >= 11 is 0. The summed E-state index contributed by atoms with van der Waals surface area (Å²) in [5, 5.41) is 4.00. The minimum atomic E-state index is -3.86. The number of nitrogens with one attached hydrogen (secondary N) is 1. The van der Waals surface area contributed by atoms with Gasteiger partial charge in [0.25, 0.3) is 15.9 Å². The van der Waals surface area contributed by atoms with Gasteiger partial charge in [0, 0.05) is 11.6 Å². The summed E-state index contributed by atoms with van der Waals surface area (Å²) in [6.07, 6.45) is 3.19. The monoisotopic (exact) mass is 440 g/mol. The molecule has 0 bridgehead atoms. The number of amides is 1. The zero-order chi connectivity index (χ0) is 21.4. The molecule has 160 valence electrons. The molecule has 0 spiro atoms. The van der Waals surface area contributed by atoms with E-state index in [1.807, 2.05) is 0 Å². The quantitative estimate of drug-likeness (QED) is 0.626. The number of carbonyl (C=O) groups excluding carboxylic acids is 1. The van der Waals surface area contributed by atoms with Crippen molar-refractivity contribution in [1.82, 2.24) is 10.1 Å². The maximum absolute atomic E-state index is 12.9. The minimum Gasteiger partial charge on any atom is -0.482 e. The molecule has 2 aliphatic rings. The predicted octanol–water partition coefficient (Wildman–Crippen LogP) is 3.06. The summed E-state index contributed by atoms with van der Waals surface area (Å²) in [5.74, 6) is 1.35. The topological polar surface area (TPSA) is 115 Å². The molecule has 10 heteroatoms. The van der Waals surface area contributed by atoms with Crippen LogP contribution in [0.4, 0.5) is 11.4 Å². The maximum Gasteiger partial charge on any atom is 0.265 e. The molecule has 3 aromatic rings. The molecule has 1 aromatic heterocycles. The first kappa shape index (κ1) is 19.6. The largest absolute Gasteiger partial charge is 0.482 e. The van der Waals surface area contributed by atoms with Crippen LogP contribution in [0.15, 0.2) is 57.9 Å². The lowest BCUT2D eigenvalue weighted by atomic mass is 9.85. The molecular weight excluding hydrogens is 420 g/mol. The van der Waals surface area contributed by atoms with E-state index in [2.05, 4.69) is 14.9 Å². The zero-order valence-corrected chi connectivity index (χ0v) is 17.3. The fourth-order valence-corrected chi connectivity index (χ4v) is 4.62. The Morgan fingerprint density at radius 1 is 1.13 bits per heavy atom. The Labute approximate surface area is 179 Å². The Hall–Kier alpha value is -3.40. The van der Waals surface area contributed by atoms with Gasteiger partial charge in [-0.1, -0.05) is 29.8 Å². The summed E-state index contributed by atoms with van der Waals surface area (Å²) in [4.78, 5) is 18.4. The van der Waals surface area contributed by atoms with Gasteiger partial charge in [0.1, 0.15) is 5.75 Å². The molecule has 1 aliphatic heterocycles. The van der Waals surface area contributed by atoms with E-state index in [1.165, 1.54) is 17.0 Å². The minimum absolute atomic E-state index is 0.0154. The van der Waals surface area contributed by atoms with Crippen molar-refractivity contribution in [3.63, 3.8) is 0 Å². The molecule has 0 atom stereocenters. The standard InChI is InChI=1S/C21H20N4O5S/c26-20-13-29-18-10-9-16(31(27,28)24-15-7-2-1-3-8-15)11-17(18)25(20)12-19-22-21(30-23-19)14-5-4-6-14/h1-3,7-11,14,24H,4-6,12-13H2. The lowest BCUT2D eigenvalue weighted by molar-refractivity contribution is -0.121. The van der Waals surface area contributed by atoms with Gasteiger partial charge in [-0.25, -0.2) is 8.42 Å². The molecule has 9 nitrogen and oxygen atoms in total. The second kappa shape index (κ2) is 7.69. The smallest absolute Gasteiger partial charge is 0.265 e. The summed E-state index contributed by atoms with van der Waals surface area (Å²) in [7, 11) is -3.86. The number of carbonyl (C=O) groups is 1. The number of rotatable bonds is 6. The molecular formula is C21H20N4O5S. The van der Waals surface area contributed by atoms with Gasteiger partial charge in [-0.15, -0.1) is 0 Å². The molecule has 1 aliphatic carbocycles. The third kappa shape index (κ3) is 3.86. The van der Waals surface area contributed by atoms with Crippen molar-refractivity contribution >= 4 is 27.3 Å². The van der Waals surface area contributed by atoms with Gasteiger partial charge < -0.3 is 9.26 Å². The van der Waals surface area contributed by atoms with Crippen LogP contribution in [-0.2, 0) is 21.4 Å². The molecule has 0 saturated heterocycles. The highest BCUT2D eigenvalue weighted by Crippen LogP contribution is 2.37. The Morgan fingerprint density at radius 2 is 1.94 bits per heavy atom. The van der Waals surface area contributed by atoms with E-state index in [0.29, 0.717) is 28.8 Å². The van der Waals surface area contributed by atoms with Crippen LogP contribution in [0.5, 0.6) is 5.75 Å². The third-order valence-corrected chi connectivity index (χ3v) is 6.83. The van der Waals surface area contributed by atoms with E-state index < -0.39 is 10.0 Å². The molecule has 1 amide bonds. The highest BCUT2D eigenvalue weighted by Gasteiger charge is 2.30. The fraction of sp³-hybridized carbons (Fsp3) is 0.286. The Bertz CT molecular complexity index is 1220. The van der Waals surface area contributed by atoms with Crippen molar-refractivity contribution in [3.05, 3.63) is 60.2 Å². The number of sulfonamides is 1. The molecule has 0 radical (unpaired) electrons. The number of fused-ring (bicyclic) bond motifs is 1. The van der Waals surface area contributed by atoms with Crippen LogP contribution in [0, 0.1) is 0 Å². The van der Waals surface area contributed by atoms with Gasteiger partial charge in [0.2, 0.25) is 5.89 Å². The van der Waals surface area contributed by atoms with E-state index in [0.717, 1.165) is 19.3 Å². The van der Waals surface area contributed by atoms with E-state index in [4.69, 9.17) is 9.26 Å². The first-order valence-electron chi connectivity index (χ1n) is 9.97. The second-order valence-electron chi connectivity index (χ2n) is 7.55. The lowest BCUT2D eigenvalue weighted by Gasteiger charge is -2.28. The zero-order valence-electron chi connectivity index (χ0n) is 16.5. The first-order chi connectivity index (χ1) is 15.0. The number of nitrogens with zero attached hydrogens (tertiary/aromatic N) is 3. The first-order valence-corrected chi connectivity index (χ1v) is 11.5. The molecule has 2 aromatic carbocycles. The summed E-state index contributed by atoms with van der Waals surface area (Å²) in [6.45, 7) is -0.0737. The van der Waals surface area contributed by atoms with Crippen LogP contribution >= 0.6 is 0 Å². The molecule has 0 unspecified atom stereocenters. The van der Waals surface area contributed by atoms with Crippen LogP contribution in [-0.4, -0.2) is 31.1 Å². The fourth-order valence-electron chi connectivity index (χ4n) is 3.54. The molecule has 5 rings (SSSR count). The van der Waals surface area contributed by atoms with Gasteiger partial charge in [-0.2, -0.15) is 4.98 Å². The molecule has 1 fully saturated rings. The number of benzene rings is 2. The van der Waals surface area contributed by atoms with Crippen LogP contribution in [0.2, 0.25) is 0 Å². The van der Waals surface area contributed by atoms with Crippen LogP contribution in [0.25, 0.3) is 0 Å². The van der Waals surface area contributed by atoms with Crippen LogP contribution < -0.4 is 14.4 Å². The summed E-state index contributed by atoms with van der Waals surface area (Å²) < 4.78 is 39.1. The van der Waals surface area contributed by atoms with Gasteiger partial charge in [0.15, 0.2) is 12.4 Å². The highest BCUT2D eigenvalue weighted by atomic mass is 32.2. The Kier molecular flexibility index (Phi) is 4.85. The van der Waals surface area contributed by atoms with Crippen molar-refractivity contribution in [3.8, 4) is 5.75 Å². The van der Waals surface area contributed by atoms with E-state index in [9.17, 15) is 13.2 Å². The van der Waals surface area contributed by atoms with Crippen molar-refractivity contribution < 1.29 is 22.5 Å². The second-order valence-corrected chi connectivity index (χ2v) is 9.23. The number of anilines is 2. The Balaban J connectivity index is 1.43. The number of hydrogen-bond acceptors (Lipinski definition) is 7. The van der Waals surface area contributed by atoms with Gasteiger partial charge in [-0.05, 0) is 43.2 Å². The van der Waals surface area contributed by atoms with Crippen molar-refractivity contribution in [2.75, 3.05) is 16.2 Å². The predicted molar refractivity (Wildman–Crippen MR) is 111 cm³/mol. The SMILES string of the molecule is O=C1COc2ccc(S(=O)(=O)Nc3ccccc3)cc2N1Cc1noc(C2CCC2)n1. The maximum atomic E-state index is 12.9. The van der Waals surface area contributed by atoms with E-state index in [-0.39, 0.29) is 29.9 Å². The van der Waals surface area contributed by atoms with Gasteiger partial charge in [0.05, 0.1) is 17.1 Å². The molecule has 2 heterocycles. The highest BCUT2D eigenvalue weighted by molar-refractivity contribution is 7.92. The van der Waals surface area contributed by atoms with E-state index in [1.54, 1.807) is 36.4 Å². The van der Waals surface area contributed by atoms with Crippen molar-refractivity contribution in [2.24, 2.45) is 0 Å². The van der Waals surface area contributed by atoms with Crippen molar-refractivity contribution in [1.29, 1.82) is 0 Å². The average Bonchev–Trinajstić information content (AvgIpc) is 3.17. The Morgan fingerprint density at radius 3 is 2.68 bits per heavy atom. The number of aromatic nitrogens is 2. The summed E-state index contributed by atoms with van der Waals surface area (Å²) in [5.41, 5.74) is 0.793.